The SMILES string of the molecule is Nc1ccc(Oc2ccc(Cl)cc2Cl)c(F)c1. The molecule has 0 aromatic heterocycles. The van der Waals surface area contributed by atoms with Crippen molar-refractivity contribution in [2.45, 2.75) is 0 Å². The number of hydrogen-bond donors (Lipinski definition) is 1. The van der Waals surface area contributed by atoms with Gasteiger partial charge in [-0.25, -0.2) is 4.39 Å². The van der Waals surface area contributed by atoms with Crippen LogP contribution >= 0.6 is 23.2 Å². The minimum Gasteiger partial charge on any atom is -0.453 e. The van der Waals surface area contributed by atoms with Gasteiger partial charge in [-0.2, -0.15) is 0 Å². The van der Waals surface area contributed by atoms with Gasteiger partial charge in [-0.1, -0.05) is 23.2 Å². The Morgan fingerprint density at radius 3 is 2.35 bits per heavy atom. The summed E-state index contributed by atoms with van der Waals surface area (Å²) in [6, 6.07) is 8.86. The monoisotopic (exact) mass is 271 g/mol. The van der Waals surface area contributed by atoms with Gasteiger partial charge in [-0.15, -0.1) is 0 Å². The second kappa shape index (κ2) is 4.82. The van der Waals surface area contributed by atoms with E-state index in [1.54, 1.807) is 18.2 Å². The number of hydrogen-bond acceptors (Lipinski definition) is 2. The summed E-state index contributed by atoms with van der Waals surface area (Å²) < 4.78 is 18.8. The van der Waals surface area contributed by atoms with E-state index in [0.29, 0.717) is 21.5 Å². The smallest absolute Gasteiger partial charge is 0.167 e. The fraction of sp³-hybridized carbons (Fsp3) is 0. The summed E-state index contributed by atoms with van der Waals surface area (Å²) >= 11 is 11.6. The van der Waals surface area contributed by atoms with Gasteiger partial charge in [0.15, 0.2) is 11.6 Å². The third kappa shape index (κ3) is 2.81. The van der Waals surface area contributed by atoms with Crippen LogP contribution in [0.4, 0.5) is 10.1 Å². The first-order valence-corrected chi connectivity index (χ1v) is 5.50. The molecule has 0 bridgehead atoms. The van der Waals surface area contributed by atoms with E-state index in [0.717, 1.165) is 0 Å². The summed E-state index contributed by atoms with van der Waals surface area (Å²) in [6.45, 7) is 0. The number of nitrogen functional groups attached to an aromatic ring is 1. The minimum absolute atomic E-state index is 0.0587. The Labute approximate surface area is 108 Å². The van der Waals surface area contributed by atoms with Crippen LogP contribution in [0.5, 0.6) is 11.5 Å². The molecule has 2 aromatic rings. The van der Waals surface area contributed by atoms with E-state index < -0.39 is 5.82 Å². The largest absolute Gasteiger partial charge is 0.453 e. The summed E-state index contributed by atoms with van der Waals surface area (Å²) in [5, 5.41) is 0.800. The standard InChI is InChI=1S/C12H8Cl2FNO/c13-7-1-3-11(9(14)5-7)17-12-4-2-8(16)6-10(12)15/h1-6H,16H2. The van der Waals surface area contributed by atoms with E-state index in [-0.39, 0.29) is 5.75 Å². The summed E-state index contributed by atoms with van der Waals surface area (Å²) in [6.07, 6.45) is 0. The summed E-state index contributed by atoms with van der Waals surface area (Å²) in [7, 11) is 0. The molecule has 0 saturated heterocycles. The Balaban J connectivity index is 2.31. The molecule has 0 amide bonds. The maximum atomic E-state index is 13.5. The van der Waals surface area contributed by atoms with Gasteiger partial charge in [0.1, 0.15) is 5.75 Å². The zero-order valence-corrected chi connectivity index (χ0v) is 10.1. The van der Waals surface area contributed by atoms with Crippen molar-refractivity contribution in [2.24, 2.45) is 0 Å². The molecule has 2 rings (SSSR count). The summed E-state index contributed by atoms with van der Waals surface area (Å²) in [5.74, 6) is -0.154. The molecule has 0 radical (unpaired) electrons. The van der Waals surface area contributed by atoms with E-state index in [1.165, 1.54) is 18.2 Å². The Bertz CT molecular complexity index is 511. The van der Waals surface area contributed by atoms with E-state index in [2.05, 4.69) is 0 Å². The molecule has 0 spiro atoms. The fourth-order valence-electron chi connectivity index (χ4n) is 1.28. The highest BCUT2D eigenvalue weighted by Crippen LogP contribution is 2.33. The average molecular weight is 272 g/mol. The van der Waals surface area contributed by atoms with Crippen LogP contribution in [0.2, 0.25) is 10.0 Å². The molecule has 0 aliphatic rings. The zero-order valence-electron chi connectivity index (χ0n) is 8.58. The fourth-order valence-corrected chi connectivity index (χ4v) is 1.72. The minimum atomic E-state index is -0.545. The quantitative estimate of drug-likeness (QED) is 0.816. The molecular formula is C12H8Cl2FNO. The van der Waals surface area contributed by atoms with Crippen LogP contribution in [0.3, 0.4) is 0 Å². The van der Waals surface area contributed by atoms with Gasteiger partial charge in [0.25, 0.3) is 0 Å². The predicted molar refractivity (Wildman–Crippen MR) is 67.3 cm³/mol. The van der Waals surface area contributed by atoms with Gasteiger partial charge >= 0.3 is 0 Å². The van der Waals surface area contributed by atoms with Crippen molar-refractivity contribution in [3.05, 3.63) is 52.3 Å². The van der Waals surface area contributed by atoms with Crippen molar-refractivity contribution in [3.63, 3.8) is 0 Å². The van der Waals surface area contributed by atoms with Crippen LogP contribution in [-0.2, 0) is 0 Å². The molecule has 0 aliphatic heterocycles. The maximum Gasteiger partial charge on any atom is 0.167 e. The normalized spacial score (nSPS) is 10.3. The highest BCUT2D eigenvalue weighted by molar-refractivity contribution is 6.35. The lowest BCUT2D eigenvalue weighted by molar-refractivity contribution is 0.443. The van der Waals surface area contributed by atoms with Crippen LogP contribution in [0.25, 0.3) is 0 Å². The van der Waals surface area contributed by atoms with Crippen molar-refractivity contribution in [1.82, 2.24) is 0 Å². The Kier molecular flexibility index (Phi) is 3.41. The topological polar surface area (TPSA) is 35.2 Å². The van der Waals surface area contributed by atoms with E-state index in [1.807, 2.05) is 0 Å². The van der Waals surface area contributed by atoms with Crippen molar-refractivity contribution >= 4 is 28.9 Å². The second-order valence-corrected chi connectivity index (χ2v) is 4.21. The molecule has 0 saturated carbocycles. The Hall–Kier alpha value is -1.45. The van der Waals surface area contributed by atoms with Crippen molar-refractivity contribution in [3.8, 4) is 11.5 Å². The molecule has 0 fully saturated rings. The number of rotatable bonds is 2. The van der Waals surface area contributed by atoms with Gasteiger partial charge in [0, 0.05) is 16.8 Å². The Morgan fingerprint density at radius 2 is 1.71 bits per heavy atom. The van der Waals surface area contributed by atoms with Gasteiger partial charge in [-0.05, 0) is 30.3 Å². The third-order valence-corrected chi connectivity index (χ3v) is 2.60. The Morgan fingerprint density at radius 1 is 1.00 bits per heavy atom. The second-order valence-electron chi connectivity index (χ2n) is 3.37. The van der Waals surface area contributed by atoms with Crippen LogP contribution in [-0.4, -0.2) is 0 Å². The van der Waals surface area contributed by atoms with Crippen molar-refractivity contribution < 1.29 is 9.13 Å². The molecule has 2 N–H and O–H groups in total. The van der Waals surface area contributed by atoms with Gasteiger partial charge < -0.3 is 10.5 Å². The highest BCUT2D eigenvalue weighted by Gasteiger charge is 2.08. The van der Waals surface area contributed by atoms with Crippen LogP contribution in [0.1, 0.15) is 0 Å². The van der Waals surface area contributed by atoms with Gasteiger partial charge in [-0.3, -0.25) is 0 Å². The van der Waals surface area contributed by atoms with E-state index in [9.17, 15) is 4.39 Å². The summed E-state index contributed by atoms with van der Waals surface area (Å²) in [5.41, 5.74) is 5.76. The third-order valence-electron chi connectivity index (χ3n) is 2.07. The number of ether oxygens (including phenoxy) is 1. The molecule has 0 heterocycles. The molecule has 2 nitrogen and oxygen atoms in total. The maximum absolute atomic E-state index is 13.5. The molecule has 0 aliphatic carbocycles. The number of nitrogens with two attached hydrogens (primary N) is 1. The lowest BCUT2D eigenvalue weighted by atomic mass is 10.3. The predicted octanol–water partition coefficient (Wildman–Crippen LogP) is 4.51. The molecule has 2 aromatic carbocycles. The molecule has 5 heteroatoms. The molecular weight excluding hydrogens is 264 g/mol. The van der Waals surface area contributed by atoms with E-state index >= 15 is 0 Å². The molecule has 17 heavy (non-hydrogen) atoms. The number of benzene rings is 2. The molecule has 0 atom stereocenters. The number of anilines is 1. The highest BCUT2D eigenvalue weighted by atomic mass is 35.5. The average Bonchev–Trinajstić information content (AvgIpc) is 2.25. The van der Waals surface area contributed by atoms with Crippen molar-refractivity contribution in [2.75, 3.05) is 5.73 Å². The molecule has 88 valence electrons. The first-order valence-electron chi connectivity index (χ1n) is 4.74. The van der Waals surface area contributed by atoms with E-state index in [4.69, 9.17) is 33.7 Å². The first kappa shape index (κ1) is 12.0. The van der Waals surface area contributed by atoms with Crippen LogP contribution in [0, 0.1) is 5.82 Å². The zero-order chi connectivity index (χ0) is 12.4. The van der Waals surface area contributed by atoms with Crippen molar-refractivity contribution in [1.29, 1.82) is 0 Å². The first-order chi connectivity index (χ1) is 8.06. The van der Waals surface area contributed by atoms with Crippen LogP contribution < -0.4 is 10.5 Å². The summed E-state index contributed by atoms with van der Waals surface area (Å²) in [4.78, 5) is 0. The van der Waals surface area contributed by atoms with Gasteiger partial charge in [0.05, 0.1) is 5.02 Å². The lowest BCUT2D eigenvalue weighted by Crippen LogP contribution is -1.91. The van der Waals surface area contributed by atoms with Crippen LogP contribution in [0.15, 0.2) is 36.4 Å². The lowest BCUT2D eigenvalue weighted by Gasteiger charge is -2.08. The van der Waals surface area contributed by atoms with Gasteiger partial charge in [0.2, 0.25) is 0 Å². The number of halogens is 3. The molecule has 0 unspecified atom stereocenters.